The van der Waals surface area contributed by atoms with Gasteiger partial charge in [-0.1, -0.05) is 80.0 Å². The number of nitrogens with zero attached hydrogens (tertiary/aromatic N) is 2. The van der Waals surface area contributed by atoms with Gasteiger partial charge in [0.1, 0.15) is 5.65 Å². The van der Waals surface area contributed by atoms with Gasteiger partial charge in [0.2, 0.25) is 0 Å². The first-order valence-corrected chi connectivity index (χ1v) is 11.5. The Kier molecular flexibility index (Phi) is 6.21. The summed E-state index contributed by atoms with van der Waals surface area (Å²) in [7, 11) is 1.72. The maximum absolute atomic E-state index is 10.4. The first-order chi connectivity index (χ1) is 15.6. The molecule has 0 amide bonds. The minimum Gasteiger partial charge on any atom is -0.427 e. The van der Waals surface area contributed by atoms with Gasteiger partial charge >= 0.3 is 7.48 Å². The first-order valence-electron chi connectivity index (χ1n) is 11.5. The number of benzene rings is 2. The van der Waals surface area contributed by atoms with Crippen LogP contribution < -0.4 is 5.46 Å². The number of fused-ring (bicyclic) bond motifs is 1. The van der Waals surface area contributed by atoms with E-state index in [0.717, 1.165) is 33.6 Å². The number of hydrogen-bond acceptors (Lipinski definition) is 3. The Balaban J connectivity index is 1.82. The molecule has 4 aromatic rings. The van der Waals surface area contributed by atoms with Crippen molar-refractivity contribution >= 4 is 18.6 Å². The number of rotatable bonds is 7. The molecule has 0 atom stereocenters. The number of imidazole rings is 1. The van der Waals surface area contributed by atoms with E-state index in [1.54, 1.807) is 21.3 Å². The van der Waals surface area contributed by atoms with E-state index in [1.165, 1.54) is 5.56 Å². The molecular weight excluding hydrogens is 407 g/mol. The van der Waals surface area contributed by atoms with E-state index >= 15 is 0 Å². The maximum Gasteiger partial charge on any atom is 0.330 e. The molecule has 0 aliphatic rings. The molecule has 0 aliphatic heterocycles. The summed E-state index contributed by atoms with van der Waals surface area (Å²) in [5.41, 5.74) is 5.57. The van der Waals surface area contributed by atoms with Crippen molar-refractivity contribution in [2.45, 2.75) is 58.7 Å². The zero-order valence-electron chi connectivity index (χ0n) is 20.3. The lowest BCUT2D eigenvalue weighted by Gasteiger charge is -2.37. The van der Waals surface area contributed by atoms with Crippen molar-refractivity contribution in [2.75, 3.05) is 0 Å². The van der Waals surface area contributed by atoms with Crippen LogP contribution in [-0.2, 0) is 4.65 Å². The standard InChI is InChI=1S/C28H32BN2O2/c1-19(2)23-16-11-17-31-25(20-12-8-7-9-13-20)24(30-26(23)31)21-14-10-15-22(18-21)29-33-28(5,6)27(3,4)32/h7-19,32H,1-6H3. The molecule has 0 unspecified atom stereocenters. The summed E-state index contributed by atoms with van der Waals surface area (Å²) < 4.78 is 8.19. The van der Waals surface area contributed by atoms with Crippen LogP contribution in [0.2, 0.25) is 0 Å². The molecule has 33 heavy (non-hydrogen) atoms. The van der Waals surface area contributed by atoms with Crippen LogP contribution in [0.5, 0.6) is 0 Å². The number of aromatic nitrogens is 2. The van der Waals surface area contributed by atoms with E-state index < -0.39 is 11.2 Å². The smallest absolute Gasteiger partial charge is 0.330 e. The van der Waals surface area contributed by atoms with Crippen LogP contribution >= 0.6 is 0 Å². The molecule has 1 N–H and O–H groups in total. The van der Waals surface area contributed by atoms with E-state index in [9.17, 15) is 5.11 Å². The van der Waals surface area contributed by atoms with E-state index in [0.29, 0.717) is 5.92 Å². The topological polar surface area (TPSA) is 46.8 Å². The Hall–Kier alpha value is -2.89. The lowest BCUT2D eigenvalue weighted by molar-refractivity contribution is -0.0893. The predicted octanol–water partition coefficient (Wildman–Crippen LogP) is 5.60. The van der Waals surface area contributed by atoms with Gasteiger partial charge in [-0.2, -0.15) is 0 Å². The summed E-state index contributed by atoms with van der Waals surface area (Å²) in [6.07, 6.45) is 2.09. The average Bonchev–Trinajstić information content (AvgIpc) is 3.17. The first kappa shape index (κ1) is 23.3. The third-order valence-electron chi connectivity index (χ3n) is 6.47. The summed E-state index contributed by atoms with van der Waals surface area (Å²) in [4.78, 5) is 5.14. The summed E-state index contributed by atoms with van der Waals surface area (Å²) >= 11 is 0. The fourth-order valence-corrected chi connectivity index (χ4v) is 3.73. The van der Waals surface area contributed by atoms with Crippen molar-refractivity contribution in [2.24, 2.45) is 0 Å². The van der Waals surface area contributed by atoms with Crippen LogP contribution in [0.4, 0.5) is 0 Å². The van der Waals surface area contributed by atoms with E-state index in [1.807, 2.05) is 32.0 Å². The second-order valence-corrected chi connectivity index (χ2v) is 9.92. The minimum absolute atomic E-state index is 0.365. The minimum atomic E-state index is -0.976. The highest BCUT2D eigenvalue weighted by Crippen LogP contribution is 2.34. The van der Waals surface area contributed by atoms with E-state index in [-0.39, 0.29) is 0 Å². The lowest BCUT2D eigenvalue weighted by atomic mass is 9.82. The number of hydrogen-bond donors (Lipinski definition) is 1. The highest BCUT2D eigenvalue weighted by molar-refractivity contribution is 6.47. The number of aliphatic hydroxyl groups is 1. The normalized spacial score (nSPS) is 12.5. The summed E-state index contributed by atoms with van der Waals surface area (Å²) in [6, 6.07) is 22.8. The SMILES string of the molecule is CC(C)c1cccn2c(-c3ccccc3)c(-c3cccc([B]OC(C)(C)C(C)(C)O)c3)nc12. The molecule has 0 saturated heterocycles. The molecular formula is C28H32BN2O2. The average molecular weight is 439 g/mol. The molecule has 2 aromatic heterocycles. The molecule has 2 aromatic carbocycles. The van der Waals surface area contributed by atoms with Crippen LogP contribution in [0.3, 0.4) is 0 Å². The molecule has 4 nitrogen and oxygen atoms in total. The molecule has 1 radical (unpaired) electrons. The van der Waals surface area contributed by atoms with Gasteiger partial charge in [-0.3, -0.25) is 4.40 Å². The van der Waals surface area contributed by atoms with Gasteiger partial charge in [0, 0.05) is 17.3 Å². The van der Waals surface area contributed by atoms with Crippen molar-refractivity contribution in [3.8, 4) is 22.5 Å². The Labute approximate surface area is 197 Å². The lowest BCUT2D eigenvalue weighted by Crippen LogP contribution is -2.49. The Bertz CT molecular complexity index is 1250. The molecule has 169 valence electrons. The zero-order chi connectivity index (χ0) is 23.8. The Morgan fingerprint density at radius 3 is 2.27 bits per heavy atom. The highest BCUT2D eigenvalue weighted by atomic mass is 16.5. The van der Waals surface area contributed by atoms with E-state index in [2.05, 4.69) is 73.0 Å². The second kappa shape index (κ2) is 8.81. The third kappa shape index (κ3) is 4.61. The predicted molar refractivity (Wildman–Crippen MR) is 137 cm³/mol. The van der Waals surface area contributed by atoms with Crippen LogP contribution in [0.15, 0.2) is 72.9 Å². The van der Waals surface area contributed by atoms with Crippen LogP contribution in [0.25, 0.3) is 28.2 Å². The quantitative estimate of drug-likeness (QED) is 0.381. The molecule has 2 heterocycles. The van der Waals surface area contributed by atoms with Crippen LogP contribution in [-0.4, -0.2) is 33.2 Å². The maximum atomic E-state index is 10.4. The van der Waals surface area contributed by atoms with Crippen molar-refractivity contribution < 1.29 is 9.76 Å². The van der Waals surface area contributed by atoms with Gasteiger partial charge in [-0.25, -0.2) is 4.98 Å². The van der Waals surface area contributed by atoms with Crippen LogP contribution in [0, 0.1) is 0 Å². The van der Waals surface area contributed by atoms with Gasteiger partial charge in [-0.05, 0) is 45.2 Å². The molecule has 0 spiro atoms. The van der Waals surface area contributed by atoms with Crippen LogP contribution in [0.1, 0.15) is 53.0 Å². The summed E-state index contributed by atoms with van der Waals surface area (Å²) in [5, 5.41) is 10.4. The van der Waals surface area contributed by atoms with Crippen molar-refractivity contribution in [3.63, 3.8) is 0 Å². The van der Waals surface area contributed by atoms with E-state index in [4.69, 9.17) is 9.64 Å². The zero-order valence-corrected chi connectivity index (χ0v) is 20.3. The third-order valence-corrected chi connectivity index (χ3v) is 6.47. The van der Waals surface area contributed by atoms with Crippen molar-refractivity contribution in [1.82, 2.24) is 9.38 Å². The van der Waals surface area contributed by atoms with Gasteiger partial charge in [0.15, 0.2) is 0 Å². The Morgan fingerprint density at radius 2 is 1.61 bits per heavy atom. The molecule has 0 fully saturated rings. The fourth-order valence-electron chi connectivity index (χ4n) is 3.73. The van der Waals surface area contributed by atoms with Gasteiger partial charge < -0.3 is 9.76 Å². The fraction of sp³-hybridized carbons (Fsp3) is 0.321. The number of pyridine rings is 1. The van der Waals surface area contributed by atoms with Gasteiger partial charge in [0.05, 0.1) is 22.6 Å². The second-order valence-electron chi connectivity index (χ2n) is 9.92. The largest absolute Gasteiger partial charge is 0.427 e. The highest BCUT2D eigenvalue weighted by Gasteiger charge is 2.35. The molecule has 0 aliphatic carbocycles. The summed E-state index contributed by atoms with van der Waals surface area (Å²) in [6.45, 7) is 11.7. The van der Waals surface area contributed by atoms with Gasteiger partial charge in [-0.15, -0.1) is 0 Å². The molecule has 4 rings (SSSR count). The van der Waals surface area contributed by atoms with Crippen molar-refractivity contribution in [1.29, 1.82) is 0 Å². The Morgan fingerprint density at radius 1 is 0.909 bits per heavy atom. The molecule has 0 bridgehead atoms. The van der Waals surface area contributed by atoms with Crippen molar-refractivity contribution in [3.05, 3.63) is 78.5 Å². The monoisotopic (exact) mass is 439 g/mol. The molecule has 0 saturated carbocycles. The molecule has 5 heteroatoms. The van der Waals surface area contributed by atoms with Gasteiger partial charge in [0.25, 0.3) is 0 Å². The summed E-state index contributed by atoms with van der Waals surface area (Å²) in [5.74, 6) is 0.365.